The number of benzene rings is 1. The fourth-order valence-corrected chi connectivity index (χ4v) is 4.15. The van der Waals surface area contributed by atoms with Gasteiger partial charge in [0.05, 0.1) is 4.91 Å². The van der Waals surface area contributed by atoms with Crippen molar-refractivity contribution in [2.75, 3.05) is 13.1 Å². The van der Waals surface area contributed by atoms with Crippen molar-refractivity contribution in [3.63, 3.8) is 0 Å². The van der Waals surface area contributed by atoms with Gasteiger partial charge in [-0.2, -0.15) is 4.99 Å². The van der Waals surface area contributed by atoms with Crippen LogP contribution in [0.3, 0.4) is 0 Å². The average molecular weight is 381 g/mol. The van der Waals surface area contributed by atoms with Gasteiger partial charge in [-0.3, -0.25) is 9.59 Å². The van der Waals surface area contributed by atoms with Crippen molar-refractivity contribution in [2.24, 2.45) is 16.6 Å². The maximum Gasteiger partial charge on any atom is 0.286 e. The number of furan rings is 1. The predicted molar refractivity (Wildman–Crippen MR) is 106 cm³/mol. The molecule has 1 aromatic heterocycles. The molecule has 0 radical (unpaired) electrons. The topological polar surface area (TPSA) is 88.9 Å². The summed E-state index contributed by atoms with van der Waals surface area (Å²) >= 11 is 1.35. The van der Waals surface area contributed by atoms with Gasteiger partial charge in [-0.1, -0.05) is 30.3 Å². The van der Waals surface area contributed by atoms with Crippen LogP contribution < -0.4 is 5.73 Å². The molecule has 0 aliphatic carbocycles. The third-order valence-electron chi connectivity index (χ3n) is 4.74. The summed E-state index contributed by atoms with van der Waals surface area (Å²) in [5.74, 6) is 0.781. The molecule has 0 saturated carbocycles. The van der Waals surface area contributed by atoms with E-state index in [0.717, 1.165) is 11.3 Å². The van der Waals surface area contributed by atoms with Gasteiger partial charge in [0.2, 0.25) is 5.91 Å². The minimum Gasteiger partial charge on any atom is -0.457 e. The number of nitrogens with zero attached hydrogens (tertiary/aromatic N) is 2. The number of nitrogens with two attached hydrogens (primary N) is 1. The second kappa shape index (κ2) is 7.44. The molecule has 138 valence electrons. The number of aliphatic imine (C=N–C) groups is 1. The van der Waals surface area contributed by atoms with Crippen LogP contribution in [0.2, 0.25) is 0 Å². The molecule has 0 atom stereocenters. The monoisotopic (exact) mass is 381 g/mol. The standard InChI is InChI=1S/C20H19N3O3S/c21-18(24)14-8-10-23(11-9-14)20-22-19(25)17(27-20)12-15-6-7-16(26-15)13-4-2-1-3-5-13/h1-7,12,14H,8-11H2,(H2,21,24). The molecule has 1 aromatic carbocycles. The van der Waals surface area contributed by atoms with E-state index < -0.39 is 0 Å². The van der Waals surface area contributed by atoms with E-state index in [1.165, 1.54) is 11.8 Å². The normalized spacial score (nSPS) is 19.6. The van der Waals surface area contributed by atoms with Gasteiger partial charge in [0.25, 0.3) is 5.91 Å². The van der Waals surface area contributed by atoms with Gasteiger partial charge in [-0.05, 0) is 36.7 Å². The van der Waals surface area contributed by atoms with Crippen LogP contribution in [-0.4, -0.2) is 35.0 Å². The molecule has 0 bridgehead atoms. The molecule has 0 unspecified atom stereocenters. The number of thioether (sulfide) groups is 1. The van der Waals surface area contributed by atoms with Gasteiger partial charge in [0, 0.05) is 30.6 Å². The Morgan fingerprint density at radius 3 is 2.63 bits per heavy atom. The minimum absolute atomic E-state index is 0.0847. The number of carbonyl (C=O) groups excluding carboxylic acids is 2. The van der Waals surface area contributed by atoms with Crippen molar-refractivity contribution in [1.82, 2.24) is 4.90 Å². The van der Waals surface area contributed by atoms with E-state index >= 15 is 0 Å². The quantitative estimate of drug-likeness (QED) is 0.825. The number of hydrogen-bond donors (Lipinski definition) is 1. The molecule has 2 aliphatic rings. The first-order valence-electron chi connectivity index (χ1n) is 8.82. The van der Waals surface area contributed by atoms with E-state index in [9.17, 15) is 9.59 Å². The first kappa shape index (κ1) is 17.6. The van der Waals surface area contributed by atoms with Crippen molar-refractivity contribution < 1.29 is 14.0 Å². The van der Waals surface area contributed by atoms with E-state index in [1.54, 1.807) is 6.08 Å². The second-order valence-corrected chi connectivity index (χ2v) is 7.55. The lowest BCUT2D eigenvalue weighted by Gasteiger charge is -2.31. The van der Waals surface area contributed by atoms with Gasteiger partial charge in [0.1, 0.15) is 11.5 Å². The number of amides is 2. The van der Waals surface area contributed by atoms with Crippen LogP contribution in [0.25, 0.3) is 17.4 Å². The fraction of sp³-hybridized carbons (Fsp3) is 0.250. The Morgan fingerprint density at radius 1 is 1.19 bits per heavy atom. The second-order valence-electron chi connectivity index (χ2n) is 6.54. The summed E-state index contributed by atoms with van der Waals surface area (Å²) in [6.45, 7) is 1.36. The van der Waals surface area contributed by atoms with Crippen LogP contribution in [0.4, 0.5) is 0 Å². The summed E-state index contributed by atoms with van der Waals surface area (Å²) in [6.07, 6.45) is 3.12. The Kier molecular flexibility index (Phi) is 4.85. The van der Waals surface area contributed by atoms with Crippen LogP contribution in [0, 0.1) is 5.92 Å². The average Bonchev–Trinajstić information content (AvgIpc) is 3.30. The van der Waals surface area contributed by atoms with Crippen molar-refractivity contribution in [2.45, 2.75) is 12.8 Å². The highest BCUT2D eigenvalue weighted by Gasteiger charge is 2.30. The Morgan fingerprint density at radius 2 is 1.93 bits per heavy atom. The smallest absolute Gasteiger partial charge is 0.286 e. The summed E-state index contributed by atoms with van der Waals surface area (Å²) in [5, 5.41) is 0.684. The summed E-state index contributed by atoms with van der Waals surface area (Å²) in [5.41, 5.74) is 6.36. The summed E-state index contributed by atoms with van der Waals surface area (Å²) < 4.78 is 5.84. The highest BCUT2D eigenvalue weighted by Crippen LogP contribution is 2.33. The zero-order valence-electron chi connectivity index (χ0n) is 14.6. The summed E-state index contributed by atoms with van der Waals surface area (Å²) in [6, 6.07) is 13.5. The third kappa shape index (κ3) is 3.83. The van der Waals surface area contributed by atoms with Gasteiger partial charge in [-0.25, -0.2) is 0 Å². The van der Waals surface area contributed by atoms with Crippen LogP contribution in [0.5, 0.6) is 0 Å². The van der Waals surface area contributed by atoms with E-state index in [1.807, 2.05) is 47.4 Å². The molecule has 2 amide bonds. The number of piperidine rings is 1. The fourth-order valence-electron chi connectivity index (χ4n) is 3.21. The van der Waals surface area contributed by atoms with Crippen molar-refractivity contribution >= 4 is 34.8 Å². The first-order chi connectivity index (χ1) is 13.1. The minimum atomic E-state index is -0.260. The van der Waals surface area contributed by atoms with E-state index in [2.05, 4.69) is 4.99 Å². The van der Waals surface area contributed by atoms with Crippen molar-refractivity contribution in [1.29, 1.82) is 0 Å². The molecule has 7 heteroatoms. The van der Waals surface area contributed by atoms with E-state index in [-0.39, 0.29) is 17.7 Å². The molecule has 1 fully saturated rings. The maximum atomic E-state index is 12.3. The molecule has 6 nitrogen and oxygen atoms in total. The Hall–Kier alpha value is -2.80. The van der Waals surface area contributed by atoms with Crippen LogP contribution in [0.1, 0.15) is 18.6 Å². The van der Waals surface area contributed by atoms with Crippen LogP contribution in [0.15, 0.2) is 56.8 Å². The molecular formula is C20H19N3O3S. The van der Waals surface area contributed by atoms with Crippen LogP contribution >= 0.6 is 11.8 Å². The highest BCUT2D eigenvalue weighted by molar-refractivity contribution is 8.18. The zero-order valence-corrected chi connectivity index (χ0v) is 15.4. The van der Waals surface area contributed by atoms with Gasteiger partial charge < -0.3 is 15.1 Å². The molecule has 27 heavy (non-hydrogen) atoms. The Balaban J connectivity index is 1.44. The molecule has 2 aromatic rings. The SMILES string of the molecule is NC(=O)C1CCN(C2=NC(=O)C(=Cc3ccc(-c4ccccc4)o3)S2)CC1. The number of rotatable bonds is 3. The largest absolute Gasteiger partial charge is 0.457 e. The number of likely N-dealkylation sites (tertiary alicyclic amines) is 1. The Labute approximate surface area is 161 Å². The zero-order chi connectivity index (χ0) is 18.8. The van der Waals surface area contributed by atoms with Gasteiger partial charge >= 0.3 is 0 Å². The molecule has 2 aliphatic heterocycles. The van der Waals surface area contributed by atoms with E-state index in [0.29, 0.717) is 41.8 Å². The van der Waals surface area contributed by atoms with Crippen molar-refractivity contribution in [3.05, 3.63) is 53.1 Å². The van der Waals surface area contributed by atoms with Gasteiger partial charge in [0.15, 0.2) is 5.17 Å². The van der Waals surface area contributed by atoms with Crippen LogP contribution in [-0.2, 0) is 9.59 Å². The lowest BCUT2D eigenvalue weighted by molar-refractivity contribution is -0.123. The molecule has 1 saturated heterocycles. The number of primary amides is 1. The first-order valence-corrected chi connectivity index (χ1v) is 9.64. The number of hydrogen-bond acceptors (Lipinski definition) is 5. The lowest BCUT2D eigenvalue weighted by atomic mass is 9.97. The molecule has 3 heterocycles. The molecule has 4 rings (SSSR count). The maximum absolute atomic E-state index is 12.3. The van der Waals surface area contributed by atoms with Gasteiger partial charge in [-0.15, -0.1) is 0 Å². The number of amidine groups is 1. The molecule has 2 N–H and O–H groups in total. The third-order valence-corrected chi connectivity index (χ3v) is 5.78. The molecule has 0 spiro atoms. The lowest BCUT2D eigenvalue weighted by Crippen LogP contribution is -2.40. The Bertz CT molecular complexity index is 925. The highest BCUT2D eigenvalue weighted by atomic mass is 32.2. The summed E-state index contributed by atoms with van der Waals surface area (Å²) in [4.78, 5) is 30.3. The predicted octanol–water partition coefficient (Wildman–Crippen LogP) is 3.11. The van der Waals surface area contributed by atoms with E-state index in [4.69, 9.17) is 10.2 Å². The summed E-state index contributed by atoms with van der Waals surface area (Å²) in [7, 11) is 0. The number of carbonyl (C=O) groups is 2. The molecular weight excluding hydrogens is 362 g/mol. The van der Waals surface area contributed by atoms with Crippen molar-refractivity contribution in [3.8, 4) is 11.3 Å².